The van der Waals surface area contributed by atoms with Gasteiger partial charge in [-0.1, -0.05) is 0 Å². The van der Waals surface area contributed by atoms with Crippen molar-refractivity contribution in [1.82, 2.24) is 14.6 Å². The van der Waals surface area contributed by atoms with E-state index < -0.39 is 0 Å². The van der Waals surface area contributed by atoms with Crippen LogP contribution in [-0.4, -0.2) is 48.7 Å². The van der Waals surface area contributed by atoms with E-state index in [4.69, 9.17) is 12.6 Å². The number of morpholine rings is 1. The maximum Gasteiger partial charge on any atom is 0.173 e. The van der Waals surface area contributed by atoms with Crippen LogP contribution in [0.2, 0.25) is 0 Å². The molecule has 1 aliphatic rings. The van der Waals surface area contributed by atoms with Crippen molar-refractivity contribution in [2.75, 3.05) is 31.2 Å². The van der Waals surface area contributed by atoms with E-state index in [0.717, 1.165) is 37.6 Å². The van der Waals surface area contributed by atoms with Crippen LogP contribution < -0.4 is 10.6 Å². The Hall–Kier alpha value is -1.56. The second-order valence-electron chi connectivity index (χ2n) is 3.76. The summed E-state index contributed by atoms with van der Waals surface area (Å²) < 4.78 is 7.02. The van der Waals surface area contributed by atoms with Crippen molar-refractivity contribution in [1.29, 1.82) is 0 Å². The van der Waals surface area contributed by atoms with Gasteiger partial charge >= 0.3 is 0 Å². The van der Waals surface area contributed by atoms with Crippen molar-refractivity contribution in [2.24, 2.45) is 0 Å². The monoisotopic (exact) mass is 214 g/mol. The number of nitrogens with zero attached hydrogens (tertiary/aromatic N) is 4. The average Bonchev–Trinajstić information content (AvgIpc) is 2.69. The predicted molar refractivity (Wildman–Crippen MR) is 61.4 cm³/mol. The van der Waals surface area contributed by atoms with Gasteiger partial charge in [-0.25, -0.2) is 9.50 Å². The molecule has 5 nitrogen and oxygen atoms in total. The Balaban J connectivity index is 1.97. The lowest BCUT2D eigenvalue weighted by Crippen LogP contribution is -2.36. The van der Waals surface area contributed by atoms with E-state index in [-0.39, 0.29) is 0 Å². The van der Waals surface area contributed by atoms with Crippen LogP contribution in [0.5, 0.6) is 0 Å². The van der Waals surface area contributed by atoms with Crippen molar-refractivity contribution < 1.29 is 4.74 Å². The number of aromatic nitrogens is 3. The minimum Gasteiger partial charge on any atom is -0.378 e. The van der Waals surface area contributed by atoms with Gasteiger partial charge in [-0.05, 0) is 12.1 Å². The summed E-state index contributed by atoms with van der Waals surface area (Å²) in [5.74, 6) is 0. The van der Waals surface area contributed by atoms with Crippen LogP contribution in [-0.2, 0) is 4.74 Å². The third kappa shape index (κ3) is 1.65. The number of hydrogen-bond acceptors (Lipinski definition) is 4. The summed E-state index contributed by atoms with van der Waals surface area (Å²) in [5.41, 5.74) is 2.20. The maximum absolute atomic E-state index is 5.54. The third-order valence-electron chi connectivity index (χ3n) is 2.71. The molecule has 80 valence electrons. The quantitative estimate of drug-likeness (QED) is 0.592. The summed E-state index contributed by atoms with van der Waals surface area (Å²) >= 11 is 0. The lowest BCUT2D eigenvalue weighted by Gasteiger charge is -2.28. The fraction of sp³-hybridized carbons (Fsp3) is 0.400. The number of hydrogen-bond donors (Lipinski definition) is 0. The van der Waals surface area contributed by atoms with Crippen molar-refractivity contribution in [3.05, 3.63) is 18.3 Å². The molecule has 0 aliphatic carbocycles. The summed E-state index contributed by atoms with van der Waals surface area (Å²) in [5, 5.41) is 4.09. The number of rotatable bonds is 1. The maximum atomic E-state index is 5.54. The molecular formula is C10H11BN4O. The van der Waals surface area contributed by atoms with Crippen molar-refractivity contribution >= 4 is 24.9 Å². The van der Waals surface area contributed by atoms with Gasteiger partial charge in [0.25, 0.3) is 0 Å². The number of anilines is 1. The van der Waals surface area contributed by atoms with Gasteiger partial charge in [0.05, 0.1) is 30.8 Å². The molecule has 0 aromatic carbocycles. The lowest BCUT2D eigenvalue weighted by atomic mass is 10.1. The topological polar surface area (TPSA) is 42.7 Å². The van der Waals surface area contributed by atoms with Crippen molar-refractivity contribution in [3.8, 4) is 0 Å². The highest BCUT2D eigenvalue weighted by Gasteiger charge is 2.11. The van der Waals surface area contributed by atoms with Crippen LogP contribution in [0.15, 0.2) is 18.3 Å². The molecule has 2 aromatic rings. The molecule has 0 unspecified atom stereocenters. The normalized spacial score (nSPS) is 16.9. The first-order valence-electron chi connectivity index (χ1n) is 5.27. The summed E-state index contributed by atoms with van der Waals surface area (Å²) in [4.78, 5) is 6.35. The van der Waals surface area contributed by atoms with Crippen LogP contribution in [0.1, 0.15) is 0 Å². The molecule has 6 heteroatoms. The van der Waals surface area contributed by atoms with Gasteiger partial charge in [0, 0.05) is 13.1 Å². The molecule has 1 aliphatic heterocycles. The Morgan fingerprint density at radius 2 is 2.06 bits per heavy atom. The molecule has 2 radical (unpaired) electrons. The zero-order valence-corrected chi connectivity index (χ0v) is 8.83. The van der Waals surface area contributed by atoms with Crippen LogP contribution >= 0.6 is 0 Å². The van der Waals surface area contributed by atoms with E-state index in [2.05, 4.69) is 15.0 Å². The minimum absolute atomic E-state index is 0.305. The van der Waals surface area contributed by atoms with Gasteiger partial charge in [0.1, 0.15) is 0 Å². The summed E-state index contributed by atoms with van der Waals surface area (Å²) in [6.07, 6.45) is 1.95. The molecule has 1 fully saturated rings. The predicted octanol–water partition coefficient (Wildman–Crippen LogP) is -0.640. The molecule has 0 N–H and O–H groups in total. The van der Waals surface area contributed by atoms with E-state index >= 15 is 0 Å². The fourth-order valence-corrected chi connectivity index (χ4v) is 1.90. The zero-order valence-electron chi connectivity index (χ0n) is 8.83. The van der Waals surface area contributed by atoms with E-state index in [1.54, 1.807) is 4.52 Å². The Labute approximate surface area is 94.4 Å². The van der Waals surface area contributed by atoms with E-state index in [9.17, 15) is 0 Å². The molecule has 0 amide bonds. The summed E-state index contributed by atoms with van der Waals surface area (Å²) in [6, 6.07) is 3.96. The van der Waals surface area contributed by atoms with Gasteiger partial charge in [0.15, 0.2) is 13.5 Å². The van der Waals surface area contributed by atoms with Crippen LogP contribution in [0.3, 0.4) is 0 Å². The molecule has 16 heavy (non-hydrogen) atoms. The molecule has 0 atom stereocenters. The van der Waals surface area contributed by atoms with E-state index in [1.165, 1.54) is 0 Å². The molecule has 0 bridgehead atoms. The first-order chi connectivity index (χ1) is 7.83. The average molecular weight is 214 g/mol. The molecule has 2 aromatic heterocycles. The molecule has 0 saturated carbocycles. The van der Waals surface area contributed by atoms with Gasteiger partial charge in [-0.3, -0.25) is 0 Å². The highest BCUT2D eigenvalue weighted by atomic mass is 16.5. The Morgan fingerprint density at radius 3 is 2.88 bits per heavy atom. The van der Waals surface area contributed by atoms with E-state index in [1.807, 2.05) is 18.3 Å². The fourth-order valence-electron chi connectivity index (χ4n) is 1.90. The zero-order chi connectivity index (χ0) is 11.0. The van der Waals surface area contributed by atoms with Gasteiger partial charge in [0.2, 0.25) is 0 Å². The minimum atomic E-state index is 0.305. The van der Waals surface area contributed by atoms with Gasteiger partial charge < -0.3 is 9.64 Å². The third-order valence-corrected chi connectivity index (χ3v) is 2.71. The molecule has 3 rings (SSSR count). The Morgan fingerprint density at radius 1 is 1.25 bits per heavy atom. The summed E-state index contributed by atoms with van der Waals surface area (Å²) in [6.45, 7) is 3.38. The molecule has 1 saturated heterocycles. The highest BCUT2D eigenvalue weighted by molar-refractivity contribution is 6.29. The Kier molecular flexibility index (Phi) is 2.29. The molecule has 3 heterocycles. The van der Waals surface area contributed by atoms with Crippen LogP contribution in [0.25, 0.3) is 5.65 Å². The van der Waals surface area contributed by atoms with Gasteiger partial charge in [-0.15, -0.1) is 0 Å². The van der Waals surface area contributed by atoms with Crippen LogP contribution in [0, 0.1) is 0 Å². The van der Waals surface area contributed by atoms with Crippen molar-refractivity contribution in [2.45, 2.75) is 0 Å². The van der Waals surface area contributed by atoms with E-state index in [0.29, 0.717) is 5.72 Å². The largest absolute Gasteiger partial charge is 0.378 e. The number of pyridine rings is 1. The van der Waals surface area contributed by atoms with Crippen LogP contribution in [0.4, 0.5) is 5.69 Å². The lowest BCUT2D eigenvalue weighted by molar-refractivity contribution is 0.122. The molecular weight excluding hydrogens is 203 g/mol. The Bertz CT molecular complexity index is 506. The SMILES string of the molecule is [B]c1nc2ccc(N3CCOCC3)cn2n1. The standard InChI is InChI=1S/C10H11BN4O/c11-10-12-9-2-1-8(7-15(9)13-10)14-3-5-16-6-4-14/h1-2,7H,3-6H2. The summed E-state index contributed by atoms with van der Waals surface area (Å²) in [7, 11) is 5.54. The second-order valence-corrected chi connectivity index (χ2v) is 3.76. The number of ether oxygens (including phenoxy) is 1. The van der Waals surface area contributed by atoms with Gasteiger partial charge in [-0.2, -0.15) is 5.10 Å². The first-order valence-corrected chi connectivity index (χ1v) is 5.27. The second kappa shape index (κ2) is 3.79. The molecule has 0 spiro atoms. The smallest absolute Gasteiger partial charge is 0.173 e. The number of fused-ring (bicyclic) bond motifs is 1. The first kappa shape index (κ1) is 9.66. The van der Waals surface area contributed by atoms with Crippen molar-refractivity contribution in [3.63, 3.8) is 0 Å². The highest BCUT2D eigenvalue weighted by Crippen LogP contribution is 2.15.